The van der Waals surface area contributed by atoms with Crippen molar-refractivity contribution in [2.24, 2.45) is 0 Å². The Hall–Kier alpha value is -4.59. The van der Waals surface area contributed by atoms with E-state index in [4.69, 9.17) is 4.98 Å². The van der Waals surface area contributed by atoms with Crippen molar-refractivity contribution in [1.82, 2.24) is 19.7 Å². The third-order valence-corrected chi connectivity index (χ3v) is 6.67. The molecule has 8 nitrogen and oxygen atoms in total. The molecule has 2 aromatic carbocycles. The lowest BCUT2D eigenvalue weighted by atomic mass is 10.1. The van der Waals surface area contributed by atoms with Gasteiger partial charge in [0.05, 0.1) is 11.3 Å². The summed E-state index contributed by atoms with van der Waals surface area (Å²) in [6, 6.07) is 19.7. The number of anilines is 2. The molecule has 0 spiro atoms. The summed E-state index contributed by atoms with van der Waals surface area (Å²) in [6.07, 6.45) is 5.40. The predicted octanol–water partition coefficient (Wildman–Crippen LogP) is 4.95. The number of aromatic nitrogens is 3. The van der Waals surface area contributed by atoms with Gasteiger partial charge in [-0.2, -0.15) is 0 Å². The second-order valence-corrected chi connectivity index (χ2v) is 9.48. The number of amides is 2. The lowest BCUT2D eigenvalue weighted by molar-refractivity contribution is -0.114. The molecule has 0 fully saturated rings. The van der Waals surface area contributed by atoms with Crippen LogP contribution in [0.1, 0.15) is 41.0 Å². The Labute approximate surface area is 221 Å². The highest BCUT2D eigenvalue weighted by Crippen LogP contribution is 2.25. The second kappa shape index (κ2) is 10.8. The van der Waals surface area contributed by atoms with Crippen LogP contribution in [0.3, 0.4) is 0 Å². The molecule has 0 unspecified atom stereocenters. The van der Waals surface area contributed by atoms with E-state index in [0.717, 1.165) is 46.8 Å². The SMILES string of the molecule is CCc1nc2ccc(C(=O)NCCc3c[nH]c4ccccc34)cn2c1N(C)Cc1ccc(NC(C)=O)cc1. The number of aryl methyl sites for hydroxylation is 1. The molecule has 38 heavy (non-hydrogen) atoms. The van der Waals surface area contributed by atoms with E-state index in [1.807, 2.05) is 72.4 Å². The minimum Gasteiger partial charge on any atom is -0.361 e. The van der Waals surface area contributed by atoms with E-state index >= 15 is 0 Å². The first-order chi connectivity index (χ1) is 18.4. The van der Waals surface area contributed by atoms with Crippen molar-refractivity contribution < 1.29 is 9.59 Å². The number of pyridine rings is 1. The first kappa shape index (κ1) is 25.1. The summed E-state index contributed by atoms with van der Waals surface area (Å²) in [5, 5.41) is 7.05. The molecule has 3 N–H and O–H groups in total. The molecule has 2 amide bonds. The smallest absolute Gasteiger partial charge is 0.252 e. The monoisotopic (exact) mass is 508 g/mol. The average molecular weight is 509 g/mol. The van der Waals surface area contributed by atoms with Crippen LogP contribution in [0.5, 0.6) is 0 Å². The van der Waals surface area contributed by atoms with Gasteiger partial charge in [0.25, 0.3) is 5.91 Å². The molecule has 0 aliphatic carbocycles. The van der Waals surface area contributed by atoms with Gasteiger partial charge in [0.1, 0.15) is 11.5 Å². The Bertz CT molecular complexity index is 1600. The van der Waals surface area contributed by atoms with Crippen LogP contribution in [-0.2, 0) is 24.2 Å². The number of aromatic amines is 1. The maximum atomic E-state index is 13.0. The van der Waals surface area contributed by atoms with E-state index in [1.54, 1.807) is 0 Å². The molecule has 0 saturated carbocycles. The van der Waals surface area contributed by atoms with Crippen LogP contribution in [0, 0.1) is 0 Å². The van der Waals surface area contributed by atoms with E-state index in [2.05, 4.69) is 39.6 Å². The van der Waals surface area contributed by atoms with Crippen molar-refractivity contribution in [2.75, 3.05) is 23.8 Å². The number of benzene rings is 2. The fourth-order valence-electron chi connectivity index (χ4n) is 4.85. The number of hydrogen-bond donors (Lipinski definition) is 3. The molecule has 0 atom stereocenters. The lowest BCUT2D eigenvalue weighted by Gasteiger charge is -2.20. The van der Waals surface area contributed by atoms with Crippen molar-refractivity contribution in [3.05, 3.63) is 95.4 Å². The van der Waals surface area contributed by atoms with Crippen molar-refractivity contribution in [3.63, 3.8) is 0 Å². The number of fused-ring (bicyclic) bond motifs is 2. The summed E-state index contributed by atoms with van der Waals surface area (Å²) in [7, 11) is 2.03. The van der Waals surface area contributed by atoms with Crippen LogP contribution in [0.4, 0.5) is 11.5 Å². The highest BCUT2D eigenvalue weighted by molar-refractivity contribution is 5.94. The third-order valence-electron chi connectivity index (χ3n) is 6.67. The maximum absolute atomic E-state index is 13.0. The molecule has 8 heteroatoms. The van der Waals surface area contributed by atoms with Gasteiger partial charge in [0.15, 0.2) is 0 Å². The molecule has 0 aliphatic heterocycles. The van der Waals surface area contributed by atoms with Gasteiger partial charge >= 0.3 is 0 Å². The highest BCUT2D eigenvalue weighted by Gasteiger charge is 2.17. The number of carbonyl (C=O) groups excluding carboxylic acids is 2. The van der Waals surface area contributed by atoms with Crippen LogP contribution >= 0.6 is 0 Å². The summed E-state index contributed by atoms with van der Waals surface area (Å²) in [5.74, 6) is 0.758. The fourth-order valence-corrected chi connectivity index (χ4v) is 4.85. The quantitative estimate of drug-likeness (QED) is 0.263. The van der Waals surface area contributed by atoms with Crippen molar-refractivity contribution >= 4 is 39.9 Å². The maximum Gasteiger partial charge on any atom is 0.252 e. The molecule has 0 aliphatic rings. The molecular formula is C30H32N6O2. The Morgan fingerprint density at radius 1 is 1.05 bits per heavy atom. The number of nitrogens with zero attached hydrogens (tertiary/aromatic N) is 3. The number of imidazole rings is 1. The summed E-state index contributed by atoms with van der Waals surface area (Å²) < 4.78 is 2.00. The summed E-state index contributed by atoms with van der Waals surface area (Å²) in [6.45, 7) is 4.78. The molecular weight excluding hydrogens is 476 g/mol. The Morgan fingerprint density at radius 2 is 1.84 bits per heavy atom. The number of rotatable bonds is 9. The van der Waals surface area contributed by atoms with E-state index in [0.29, 0.717) is 18.7 Å². The zero-order valence-electron chi connectivity index (χ0n) is 21.9. The standard InChI is InChI=1S/C30H32N6O2/c1-4-26-30(35(3)18-21-9-12-24(13-10-21)33-20(2)37)36-19-23(11-14-28(36)34-26)29(38)31-16-15-22-17-32-27-8-6-5-7-25(22)27/h5-14,17,19,32H,4,15-16,18H2,1-3H3,(H,31,38)(H,33,37). The van der Waals surface area contributed by atoms with Gasteiger partial charge in [-0.25, -0.2) is 4.98 Å². The molecule has 5 rings (SSSR count). The molecule has 0 radical (unpaired) electrons. The first-order valence-electron chi connectivity index (χ1n) is 12.8. The minimum absolute atomic E-state index is 0.0917. The second-order valence-electron chi connectivity index (χ2n) is 9.48. The lowest BCUT2D eigenvalue weighted by Crippen LogP contribution is -2.26. The molecule has 0 saturated heterocycles. The van der Waals surface area contributed by atoms with Gasteiger partial charge in [-0.05, 0) is 54.3 Å². The first-order valence-corrected chi connectivity index (χ1v) is 12.8. The summed E-state index contributed by atoms with van der Waals surface area (Å²) in [5.41, 5.74) is 6.53. The Balaban J connectivity index is 1.31. The van der Waals surface area contributed by atoms with E-state index < -0.39 is 0 Å². The largest absolute Gasteiger partial charge is 0.361 e. The molecule has 5 aromatic rings. The van der Waals surface area contributed by atoms with Gasteiger partial charge in [-0.3, -0.25) is 14.0 Å². The number of H-pyrrole nitrogens is 1. The van der Waals surface area contributed by atoms with Crippen LogP contribution in [0.15, 0.2) is 73.1 Å². The molecule has 194 valence electrons. The van der Waals surface area contributed by atoms with Gasteiger partial charge in [0, 0.05) is 56.0 Å². The zero-order chi connectivity index (χ0) is 26.6. The van der Waals surface area contributed by atoms with Crippen LogP contribution in [0.2, 0.25) is 0 Å². The fraction of sp³-hybridized carbons (Fsp3) is 0.233. The van der Waals surface area contributed by atoms with Gasteiger partial charge in [-0.15, -0.1) is 0 Å². The van der Waals surface area contributed by atoms with Crippen molar-refractivity contribution in [3.8, 4) is 0 Å². The molecule has 3 heterocycles. The van der Waals surface area contributed by atoms with E-state index in [-0.39, 0.29) is 11.8 Å². The van der Waals surface area contributed by atoms with Crippen molar-refractivity contribution in [2.45, 2.75) is 33.2 Å². The number of para-hydroxylation sites is 1. The number of carbonyl (C=O) groups is 2. The van der Waals surface area contributed by atoms with Gasteiger partial charge in [-0.1, -0.05) is 37.3 Å². The molecule has 0 bridgehead atoms. The number of nitrogens with one attached hydrogen (secondary N) is 3. The van der Waals surface area contributed by atoms with Gasteiger partial charge in [0.2, 0.25) is 5.91 Å². The van der Waals surface area contributed by atoms with Crippen LogP contribution in [0.25, 0.3) is 16.6 Å². The van der Waals surface area contributed by atoms with E-state index in [9.17, 15) is 9.59 Å². The van der Waals surface area contributed by atoms with Gasteiger partial charge < -0.3 is 20.5 Å². The summed E-state index contributed by atoms with van der Waals surface area (Å²) in [4.78, 5) is 34.6. The third kappa shape index (κ3) is 5.25. The van der Waals surface area contributed by atoms with Crippen LogP contribution < -0.4 is 15.5 Å². The van der Waals surface area contributed by atoms with E-state index in [1.165, 1.54) is 17.9 Å². The van der Waals surface area contributed by atoms with Crippen molar-refractivity contribution in [1.29, 1.82) is 0 Å². The minimum atomic E-state index is -0.111. The zero-order valence-corrected chi connectivity index (χ0v) is 21.9. The van der Waals surface area contributed by atoms with Crippen LogP contribution in [-0.4, -0.2) is 39.8 Å². The average Bonchev–Trinajstić information content (AvgIpc) is 3.50. The Kier molecular flexibility index (Phi) is 7.13. The predicted molar refractivity (Wildman–Crippen MR) is 152 cm³/mol. The Morgan fingerprint density at radius 3 is 2.61 bits per heavy atom. The molecule has 3 aromatic heterocycles. The topological polar surface area (TPSA) is 94.5 Å². The highest BCUT2D eigenvalue weighted by atomic mass is 16.2. The normalized spacial score (nSPS) is 11.1. The number of hydrogen-bond acceptors (Lipinski definition) is 4. The summed E-state index contributed by atoms with van der Waals surface area (Å²) >= 11 is 0.